The Morgan fingerprint density at radius 1 is 1.10 bits per heavy atom. The first kappa shape index (κ1) is 19.7. The summed E-state index contributed by atoms with van der Waals surface area (Å²) in [6.45, 7) is 9.19. The molecular weight excluding hydrogens is 270 g/mol. The number of carbonyl (C=O) groups is 1. The molecule has 6 heteroatoms. The second-order valence-corrected chi connectivity index (χ2v) is 5.76. The normalized spacial score (nSPS) is 11.0. The molecule has 0 fully saturated rings. The Kier molecular flexibility index (Phi) is 11.6. The maximum atomic E-state index is 11.4. The summed E-state index contributed by atoms with van der Waals surface area (Å²) in [6, 6.07) is 2.04. The van der Waals surface area contributed by atoms with E-state index >= 15 is 0 Å². The van der Waals surface area contributed by atoms with Crippen LogP contribution in [-0.4, -0.2) is 44.5 Å². The zero-order chi connectivity index (χ0) is 16.0. The summed E-state index contributed by atoms with van der Waals surface area (Å²) < 4.78 is 10.4. The average Bonchev–Trinajstić information content (AvgIpc) is 2.38. The summed E-state index contributed by atoms with van der Waals surface area (Å²) >= 11 is 0. The monoisotopic (exact) mass is 299 g/mol. The van der Waals surface area contributed by atoms with E-state index in [0.29, 0.717) is 26.2 Å². The summed E-state index contributed by atoms with van der Waals surface area (Å²) in [7, 11) is 0. The van der Waals surface area contributed by atoms with E-state index in [2.05, 4.69) is 10.6 Å². The quantitative estimate of drug-likeness (QED) is 0.571. The second kappa shape index (κ2) is 12.4. The summed E-state index contributed by atoms with van der Waals surface area (Å²) in [6.07, 6.45) is 3.01. The van der Waals surface area contributed by atoms with Gasteiger partial charge in [0, 0.05) is 13.2 Å². The Bertz CT molecular complexity index is 308. The number of carbonyl (C=O) groups excluding carboxylic acids is 1. The molecule has 21 heavy (non-hydrogen) atoms. The van der Waals surface area contributed by atoms with Crippen molar-refractivity contribution in [1.82, 2.24) is 10.6 Å². The third kappa shape index (κ3) is 16.6. The molecule has 0 radical (unpaired) electrons. The highest BCUT2D eigenvalue weighted by Crippen LogP contribution is 2.06. The first-order chi connectivity index (χ1) is 9.95. The summed E-state index contributed by atoms with van der Waals surface area (Å²) in [5.74, 6) is 0. The van der Waals surface area contributed by atoms with Crippen LogP contribution in [0.4, 0.5) is 4.79 Å². The number of rotatable bonds is 11. The molecule has 6 nitrogen and oxygen atoms in total. The molecule has 0 aromatic rings. The third-order valence-electron chi connectivity index (χ3n) is 2.45. The van der Waals surface area contributed by atoms with Crippen LogP contribution in [0.15, 0.2) is 0 Å². The van der Waals surface area contributed by atoms with Crippen molar-refractivity contribution in [3.8, 4) is 6.07 Å². The van der Waals surface area contributed by atoms with Gasteiger partial charge < -0.3 is 20.1 Å². The van der Waals surface area contributed by atoms with Crippen LogP contribution < -0.4 is 10.6 Å². The maximum absolute atomic E-state index is 11.4. The molecule has 1 amide bonds. The fraction of sp³-hybridized carbons (Fsp3) is 0.867. The lowest BCUT2D eigenvalue weighted by Gasteiger charge is -2.19. The van der Waals surface area contributed by atoms with Gasteiger partial charge in [-0.25, -0.2) is 4.79 Å². The molecule has 0 saturated carbocycles. The number of nitriles is 1. The van der Waals surface area contributed by atoms with Crippen LogP contribution in [0.1, 0.15) is 46.5 Å². The van der Waals surface area contributed by atoms with E-state index in [9.17, 15) is 4.79 Å². The van der Waals surface area contributed by atoms with Crippen molar-refractivity contribution in [2.75, 3.05) is 32.8 Å². The van der Waals surface area contributed by atoms with E-state index in [-0.39, 0.29) is 6.09 Å². The van der Waals surface area contributed by atoms with Crippen LogP contribution in [0.3, 0.4) is 0 Å². The van der Waals surface area contributed by atoms with Gasteiger partial charge >= 0.3 is 6.09 Å². The molecule has 0 rings (SSSR count). The lowest BCUT2D eigenvalue weighted by atomic mass is 10.2. The second-order valence-electron chi connectivity index (χ2n) is 5.76. The highest BCUT2D eigenvalue weighted by Gasteiger charge is 2.15. The van der Waals surface area contributed by atoms with Gasteiger partial charge in [0.25, 0.3) is 0 Å². The smallest absolute Gasteiger partial charge is 0.407 e. The zero-order valence-electron chi connectivity index (χ0n) is 13.5. The molecule has 0 bridgehead atoms. The molecular formula is C15H29N3O3. The Morgan fingerprint density at radius 3 is 2.48 bits per heavy atom. The zero-order valence-corrected chi connectivity index (χ0v) is 13.5. The number of unbranched alkanes of at least 4 members (excludes halogenated alkanes) is 1. The van der Waals surface area contributed by atoms with Gasteiger partial charge in [-0.3, -0.25) is 0 Å². The van der Waals surface area contributed by atoms with Gasteiger partial charge in [0.05, 0.1) is 19.1 Å². The molecule has 0 unspecified atom stereocenters. The van der Waals surface area contributed by atoms with Gasteiger partial charge in [0.2, 0.25) is 0 Å². The van der Waals surface area contributed by atoms with Crippen molar-refractivity contribution < 1.29 is 14.3 Å². The number of amides is 1. The fourth-order valence-corrected chi connectivity index (χ4v) is 1.52. The number of nitrogens with zero attached hydrogens (tertiary/aromatic N) is 1. The molecule has 0 aliphatic heterocycles. The lowest BCUT2D eigenvalue weighted by molar-refractivity contribution is 0.0527. The van der Waals surface area contributed by atoms with Crippen LogP contribution in [-0.2, 0) is 9.47 Å². The maximum Gasteiger partial charge on any atom is 0.407 e. The minimum atomic E-state index is -0.447. The van der Waals surface area contributed by atoms with Crippen molar-refractivity contribution in [2.24, 2.45) is 0 Å². The standard InChI is InChI=1S/C15H29N3O3/c1-15(2,3)21-14(19)18-11-7-10-17-9-4-5-12-20-13-6-8-16/h17H,4-7,9-13H2,1-3H3,(H,18,19). The van der Waals surface area contributed by atoms with E-state index in [4.69, 9.17) is 14.7 Å². The fourth-order valence-electron chi connectivity index (χ4n) is 1.52. The highest BCUT2D eigenvalue weighted by atomic mass is 16.6. The van der Waals surface area contributed by atoms with Gasteiger partial charge in [-0.05, 0) is 53.1 Å². The van der Waals surface area contributed by atoms with Gasteiger partial charge in [0.15, 0.2) is 0 Å². The molecule has 0 aliphatic rings. The number of nitrogens with one attached hydrogen (secondary N) is 2. The summed E-state index contributed by atoms with van der Waals surface area (Å²) in [5, 5.41) is 14.4. The molecule has 0 saturated heterocycles. The van der Waals surface area contributed by atoms with Crippen molar-refractivity contribution in [1.29, 1.82) is 5.26 Å². The van der Waals surface area contributed by atoms with Gasteiger partial charge in [-0.15, -0.1) is 0 Å². The summed E-state index contributed by atoms with van der Waals surface area (Å²) in [4.78, 5) is 11.4. The molecule has 122 valence electrons. The van der Waals surface area contributed by atoms with Crippen LogP contribution in [0.5, 0.6) is 0 Å². The topological polar surface area (TPSA) is 83.4 Å². The van der Waals surface area contributed by atoms with Gasteiger partial charge in [0.1, 0.15) is 5.60 Å². The predicted molar refractivity (Wildman–Crippen MR) is 82.0 cm³/mol. The Balaban J connectivity index is 3.19. The SMILES string of the molecule is CC(C)(C)OC(=O)NCCCNCCCCOCCC#N. The molecule has 0 aromatic carbocycles. The number of hydrogen-bond donors (Lipinski definition) is 2. The van der Waals surface area contributed by atoms with E-state index in [0.717, 1.165) is 32.4 Å². The highest BCUT2D eigenvalue weighted by molar-refractivity contribution is 5.67. The first-order valence-electron chi connectivity index (χ1n) is 7.58. The Hall–Kier alpha value is -1.32. The van der Waals surface area contributed by atoms with E-state index in [1.807, 2.05) is 26.8 Å². The van der Waals surface area contributed by atoms with Crippen LogP contribution in [0, 0.1) is 11.3 Å². The average molecular weight is 299 g/mol. The van der Waals surface area contributed by atoms with Crippen LogP contribution >= 0.6 is 0 Å². The van der Waals surface area contributed by atoms with Gasteiger partial charge in [-0.1, -0.05) is 0 Å². The van der Waals surface area contributed by atoms with E-state index in [1.54, 1.807) is 0 Å². The van der Waals surface area contributed by atoms with E-state index in [1.165, 1.54) is 0 Å². The van der Waals surface area contributed by atoms with Crippen LogP contribution in [0.25, 0.3) is 0 Å². The lowest BCUT2D eigenvalue weighted by Crippen LogP contribution is -2.34. The Morgan fingerprint density at radius 2 is 1.81 bits per heavy atom. The van der Waals surface area contributed by atoms with E-state index < -0.39 is 5.60 Å². The molecule has 2 N–H and O–H groups in total. The Labute approximate surface area is 128 Å². The molecule has 0 aliphatic carbocycles. The number of ether oxygens (including phenoxy) is 2. The molecule has 0 heterocycles. The van der Waals surface area contributed by atoms with Crippen molar-refractivity contribution in [2.45, 2.75) is 52.1 Å². The van der Waals surface area contributed by atoms with Crippen molar-refractivity contribution in [3.05, 3.63) is 0 Å². The first-order valence-corrected chi connectivity index (χ1v) is 7.58. The number of hydrogen-bond acceptors (Lipinski definition) is 5. The predicted octanol–water partition coefficient (Wildman–Crippen LogP) is 2.20. The summed E-state index contributed by atoms with van der Waals surface area (Å²) in [5.41, 5.74) is -0.447. The van der Waals surface area contributed by atoms with Gasteiger partial charge in [-0.2, -0.15) is 5.26 Å². The minimum Gasteiger partial charge on any atom is -0.444 e. The molecule has 0 aromatic heterocycles. The minimum absolute atomic E-state index is 0.364. The third-order valence-corrected chi connectivity index (χ3v) is 2.45. The van der Waals surface area contributed by atoms with Crippen molar-refractivity contribution >= 4 is 6.09 Å². The molecule has 0 atom stereocenters. The molecule has 0 spiro atoms. The van der Waals surface area contributed by atoms with Crippen molar-refractivity contribution in [3.63, 3.8) is 0 Å². The number of alkyl carbamates (subject to hydrolysis) is 1. The van der Waals surface area contributed by atoms with Crippen LogP contribution in [0.2, 0.25) is 0 Å². The largest absolute Gasteiger partial charge is 0.444 e.